The van der Waals surface area contributed by atoms with Gasteiger partial charge < -0.3 is 10.6 Å². The van der Waals surface area contributed by atoms with E-state index in [0.29, 0.717) is 12.5 Å². The molecule has 0 bridgehead atoms. The van der Waals surface area contributed by atoms with Crippen molar-refractivity contribution in [1.82, 2.24) is 15.5 Å². The molecule has 1 amide bonds. The highest BCUT2D eigenvalue weighted by atomic mass is 16.1. The van der Waals surface area contributed by atoms with Gasteiger partial charge in [-0.1, -0.05) is 0 Å². The van der Waals surface area contributed by atoms with E-state index < -0.39 is 0 Å². The Balaban J connectivity index is 1.65. The third-order valence-corrected chi connectivity index (χ3v) is 3.25. The predicted molar refractivity (Wildman–Crippen MR) is 59.7 cm³/mol. The number of amides is 1. The summed E-state index contributed by atoms with van der Waals surface area (Å²) >= 11 is 0. The molecule has 1 aliphatic heterocycles. The molecular weight excluding hydrogens is 190 g/mol. The van der Waals surface area contributed by atoms with Crippen LogP contribution in [0.25, 0.3) is 0 Å². The molecule has 1 saturated heterocycles. The van der Waals surface area contributed by atoms with Crippen LogP contribution in [0.5, 0.6) is 0 Å². The maximum atomic E-state index is 11.5. The van der Waals surface area contributed by atoms with Gasteiger partial charge in [0.25, 0.3) is 0 Å². The van der Waals surface area contributed by atoms with Crippen molar-refractivity contribution < 1.29 is 4.79 Å². The summed E-state index contributed by atoms with van der Waals surface area (Å²) in [5.41, 5.74) is 0. The van der Waals surface area contributed by atoms with Crippen molar-refractivity contribution in [1.29, 1.82) is 0 Å². The summed E-state index contributed by atoms with van der Waals surface area (Å²) in [5, 5.41) is 6.09. The molecule has 1 heterocycles. The third-order valence-electron chi connectivity index (χ3n) is 3.25. The van der Waals surface area contributed by atoms with Gasteiger partial charge in [0.05, 0.1) is 0 Å². The van der Waals surface area contributed by atoms with Crippen molar-refractivity contribution in [2.75, 3.05) is 26.7 Å². The molecule has 86 valence electrons. The highest BCUT2D eigenvalue weighted by Gasteiger charge is 2.34. The zero-order valence-corrected chi connectivity index (χ0v) is 9.46. The molecule has 1 atom stereocenters. The Morgan fingerprint density at radius 1 is 1.40 bits per heavy atom. The molecule has 0 spiro atoms. The predicted octanol–water partition coefficient (Wildman–Crippen LogP) is -0.0512. The number of likely N-dealkylation sites (tertiary alicyclic amines) is 1. The normalized spacial score (nSPS) is 26.9. The van der Waals surface area contributed by atoms with Gasteiger partial charge in [-0.25, -0.2) is 0 Å². The zero-order chi connectivity index (χ0) is 10.7. The SMILES string of the molecule is CNCCC(=O)NC1CCN(C2CC2)C1. The van der Waals surface area contributed by atoms with Crippen molar-refractivity contribution in [3.05, 3.63) is 0 Å². The van der Waals surface area contributed by atoms with Crippen LogP contribution < -0.4 is 10.6 Å². The van der Waals surface area contributed by atoms with Gasteiger partial charge in [0.1, 0.15) is 0 Å². The molecule has 15 heavy (non-hydrogen) atoms. The molecule has 2 fully saturated rings. The van der Waals surface area contributed by atoms with E-state index in [4.69, 9.17) is 0 Å². The largest absolute Gasteiger partial charge is 0.352 e. The van der Waals surface area contributed by atoms with E-state index >= 15 is 0 Å². The molecule has 1 saturated carbocycles. The average Bonchev–Trinajstić information content (AvgIpc) is 2.98. The van der Waals surface area contributed by atoms with E-state index in [9.17, 15) is 4.79 Å². The first kappa shape index (κ1) is 10.9. The molecule has 0 radical (unpaired) electrons. The molecule has 0 aromatic heterocycles. The zero-order valence-electron chi connectivity index (χ0n) is 9.46. The van der Waals surface area contributed by atoms with Crippen molar-refractivity contribution in [2.45, 2.75) is 37.8 Å². The Morgan fingerprint density at radius 3 is 2.87 bits per heavy atom. The van der Waals surface area contributed by atoms with Crippen LogP contribution in [0, 0.1) is 0 Å². The lowest BCUT2D eigenvalue weighted by Gasteiger charge is -2.15. The summed E-state index contributed by atoms with van der Waals surface area (Å²) in [6, 6.07) is 1.24. The minimum absolute atomic E-state index is 0.187. The fourth-order valence-electron chi connectivity index (χ4n) is 2.21. The molecule has 1 aliphatic carbocycles. The number of carbonyl (C=O) groups is 1. The van der Waals surface area contributed by atoms with Gasteiger partial charge in [-0.15, -0.1) is 0 Å². The second-order valence-electron chi connectivity index (χ2n) is 4.63. The van der Waals surface area contributed by atoms with Crippen LogP contribution in [0.4, 0.5) is 0 Å². The van der Waals surface area contributed by atoms with Gasteiger partial charge in [-0.2, -0.15) is 0 Å². The number of hydrogen-bond donors (Lipinski definition) is 2. The van der Waals surface area contributed by atoms with Crippen molar-refractivity contribution in [3.8, 4) is 0 Å². The number of nitrogens with zero attached hydrogens (tertiary/aromatic N) is 1. The minimum Gasteiger partial charge on any atom is -0.352 e. The van der Waals surface area contributed by atoms with Crippen LogP contribution in [0.1, 0.15) is 25.7 Å². The summed E-state index contributed by atoms with van der Waals surface area (Å²) in [6.45, 7) is 3.00. The Morgan fingerprint density at radius 2 is 2.20 bits per heavy atom. The first-order valence-corrected chi connectivity index (χ1v) is 5.97. The van der Waals surface area contributed by atoms with E-state index in [1.165, 1.54) is 19.4 Å². The molecule has 0 aromatic rings. The maximum Gasteiger partial charge on any atom is 0.221 e. The Bertz CT molecular complexity index is 228. The van der Waals surface area contributed by atoms with Gasteiger partial charge in [0, 0.05) is 38.1 Å². The quantitative estimate of drug-likeness (QED) is 0.670. The van der Waals surface area contributed by atoms with Gasteiger partial charge in [-0.3, -0.25) is 9.69 Å². The fraction of sp³-hybridized carbons (Fsp3) is 0.909. The molecule has 0 aromatic carbocycles. The van der Waals surface area contributed by atoms with Crippen LogP contribution >= 0.6 is 0 Å². The second-order valence-corrected chi connectivity index (χ2v) is 4.63. The van der Waals surface area contributed by atoms with E-state index in [-0.39, 0.29) is 5.91 Å². The third kappa shape index (κ3) is 3.18. The Labute approximate surface area is 91.4 Å². The van der Waals surface area contributed by atoms with E-state index in [0.717, 1.165) is 25.6 Å². The summed E-state index contributed by atoms with van der Waals surface area (Å²) in [4.78, 5) is 14.0. The number of nitrogens with one attached hydrogen (secondary N) is 2. The highest BCUT2D eigenvalue weighted by molar-refractivity contribution is 5.76. The van der Waals surface area contributed by atoms with E-state index in [2.05, 4.69) is 15.5 Å². The topological polar surface area (TPSA) is 44.4 Å². The van der Waals surface area contributed by atoms with E-state index in [1.807, 2.05) is 7.05 Å². The summed E-state index contributed by atoms with van der Waals surface area (Å²) < 4.78 is 0. The molecule has 2 aliphatic rings. The van der Waals surface area contributed by atoms with Gasteiger partial charge >= 0.3 is 0 Å². The van der Waals surface area contributed by atoms with Crippen LogP contribution in [0.15, 0.2) is 0 Å². The van der Waals surface area contributed by atoms with Crippen molar-refractivity contribution >= 4 is 5.91 Å². The van der Waals surface area contributed by atoms with Crippen molar-refractivity contribution in [2.24, 2.45) is 0 Å². The summed E-state index contributed by atoms with van der Waals surface area (Å²) in [6.07, 6.45) is 4.44. The van der Waals surface area contributed by atoms with Gasteiger partial charge in [0.15, 0.2) is 0 Å². The Hall–Kier alpha value is -0.610. The average molecular weight is 211 g/mol. The highest BCUT2D eigenvalue weighted by Crippen LogP contribution is 2.29. The Kier molecular flexibility index (Phi) is 3.59. The standard InChI is InChI=1S/C11H21N3O/c1-12-6-4-11(15)13-9-5-7-14(8-9)10-2-3-10/h9-10,12H,2-8H2,1H3,(H,13,15). The van der Waals surface area contributed by atoms with Gasteiger partial charge in [0.2, 0.25) is 5.91 Å². The summed E-state index contributed by atoms with van der Waals surface area (Å²) in [5.74, 6) is 0.187. The first-order chi connectivity index (χ1) is 7.29. The smallest absolute Gasteiger partial charge is 0.221 e. The molecule has 4 nitrogen and oxygen atoms in total. The van der Waals surface area contributed by atoms with Crippen LogP contribution in [-0.4, -0.2) is 49.6 Å². The van der Waals surface area contributed by atoms with E-state index in [1.54, 1.807) is 0 Å². The molecule has 2 rings (SSSR count). The fourth-order valence-corrected chi connectivity index (χ4v) is 2.21. The lowest BCUT2D eigenvalue weighted by molar-refractivity contribution is -0.121. The molecule has 4 heteroatoms. The first-order valence-electron chi connectivity index (χ1n) is 5.97. The number of rotatable bonds is 5. The van der Waals surface area contributed by atoms with Crippen LogP contribution in [0.2, 0.25) is 0 Å². The molecule has 2 N–H and O–H groups in total. The second kappa shape index (κ2) is 4.94. The number of carbonyl (C=O) groups excluding carboxylic acids is 1. The summed E-state index contributed by atoms with van der Waals surface area (Å²) in [7, 11) is 1.87. The molecule has 1 unspecified atom stereocenters. The van der Waals surface area contributed by atoms with Crippen LogP contribution in [-0.2, 0) is 4.79 Å². The maximum absolute atomic E-state index is 11.5. The molecular formula is C11H21N3O. The lowest BCUT2D eigenvalue weighted by Crippen LogP contribution is -2.38. The van der Waals surface area contributed by atoms with Crippen molar-refractivity contribution in [3.63, 3.8) is 0 Å². The van der Waals surface area contributed by atoms with Crippen LogP contribution in [0.3, 0.4) is 0 Å². The number of hydrogen-bond acceptors (Lipinski definition) is 3. The lowest BCUT2D eigenvalue weighted by atomic mass is 10.2. The minimum atomic E-state index is 0.187. The monoisotopic (exact) mass is 211 g/mol. The van der Waals surface area contributed by atoms with Gasteiger partial charge in [-0.05, 0) is 26.3 Å².